The third kappa shape index (κ3) is 10.7. The molecule has 1 aliphatic rings. The summed E-state index contributed by atoms with van der Waals surface area (Å²) in [7, 11) is 1.43. The first kappa shape index (κ1) is 21.3. The van der Waals surface area contributed by atoms with E-state index in [0.29, 0.717) is 12.0 Å². The van der Waals surface area contributed by atoms with Crippen LogP contribution < -0.4 is 5.32 Å². The maximum absolute atomic E-state index is 13.4. The summed E-state index contributed by atoms with van der Waals surface area (Å²) in [5.41, 5.74) is 0.569. The second-order valence-corrected chi connectivity index (χ2v) is 4.85. The van der Waals surface area contributed by atoms with Gasteiger partial charge in [0.05, 0.1) is 0 Å². The highest BCUT2D eigenvalue weighted by Gasteiger charge is 2.24. The molecule has 6 heteroatoms. The number of nitrogens with one attached hydrogen (secondary N) is 1. The Kier molecular flexibility index (Phi) is 11.9. The van der Waals surface area contributed by atoms with Crippen molar-refractivity contribution in [3.8, 4) is 0 Å². The summed E-state index contributed by atoms with van der Waals surface area (Å²) < 4.78 is 22.6. The summed E-state index contributed by atoms with van der Waals surface area (Å²) in [5, 5.41) is 10.4. The Bertz CT molecular complexity index is 442. The van der Waals surface area contributed by atoms with Gasteiger partial charge in [-0.15, -0.1) is 0 Å². The van der Waals surface area contributed by atoms with Crippen molar-refractivity contribution in [1.29, 1.82) is 0 Å². The lowest BCUT2D eigenvalue weighted by Crippen LogP contribution is -2.30. The fourth-order valence-corrected chi connectivity index (χ4v) is 1.63. The van der Waals surface area contributed by atoms with E-state index in [2.05, 4.69) is 10.1 Å². The van der Waals surface area contributed by atoms with Gasteiger partial charge in [0, 0.05) is 21.0 Å². The Morgan fingerprint density at radius 3 is 2.48 bits per heavy atom. The molecule has 0 aliphatic heterocycles. The average Bonchev–Trinajstić information content (AvgIpc) is 3.35. The quantitative estimate of drug-likeness (QED) is 0.810. The van der Waals surface area contributed by atoms with E-state index < -0.39 is 6.09 Å². The van der Waals surface area contributed by atoms with E-state index >= 15 is 0 Å². The van der Waals surface area contributed by atoms with Crippen molar-refractivity contribution in [3.05, 3.63) is 35.6 Å². The molecule has 2 rings (SSSR count). The minimum atomic E-state index is -0.406. The third-order valence-electron chi connectivity index (χ3n) is 2.80. The number of carbonyl (C=O) groups excluding carboxylic acids is 1. The summed E-state index contributed by atoms with van der Waals surface area (Å²) in [6.07, 6.45) is 1.71. The molecular weight excluding hydrogens is 301 g/mol. The monoisotopic (exact) mass is 331 g/mol. The maximum atomic E-state index is 13.4. The molecule has 134 valence electrons. The Labute approximate surface area is 139 Å². The molecule has 1 atom stereocenters. The third-order valence-corrected chi connectivity index (χ3v) is 2.80. The number of alkyl carbamates (subject to hydrolysis) is 1. The van der Waals surface area contributed by atoms with E-state index in [1.807, 2.05) is 13.8 Å². The molecule has 1 aromatic rings. The smallest absolute Gasteiger partial charge is 0.407 e. The lowest BCUT2D eigenvalue weighted by Gasteiger charge is -2.14. The normalized spacial score (nSPS) is 13.7. The minimum absolute atomic E-state index is 0. The summed E-state index contributed by atoms with van der Waals surface area (Å²) in [4.78, 5) is 11.4. The molecule has 5 nitrogen and oxygen atoms in total. The molecule has 1 amide bonds. The van der Waals surface area contributed by atoms with Gasteiger partial charge in [0.25, 0.3) is 0 Å². The van der Waals surface area contributed by atoms with Gasteiger partial charge in [0.1, 0.15) is 18.7 Å². The number of hydrogen-bond acceptors (Lipinski definition) is 4. The second-order valence-electron chi connectivity index (χ2n) is 4.85. The first-order valence-corrected chi connectivity index (χ1v) is 7.87. The summed E-state index contributed by atoms with van der Waals surface area (Å²) in [6.45, 7) is 5.58. The topological polar surface area (TPSA) is 67.8 Å². The van der Waals surface area contributed by atoms with Gasteiger partial charge in [-0.1, -0.05) is 32.0 Å². The van der Waals surface area contributed by atoms with Crippen molar-refractivity contribution in [1.82, 2.24) is 5.32 Å². The number of hydrogen-bond donors (Lipinski definition) is 2. The molecule has 0 unspecified atom stereocenters. The highest BCUT2D eigenvalue weighted by molar-refractivity contribution is 5.68. The zero-order valence-corrected chi connectivity index (χ0v) is 14.3. The predicted molar refractivity (Wildman–Crippen MR) is 89.8 cm³/mol. The van der Waals surface area contributed by atoms with Crippen LogP contribution in [-0.2, 0) is 15.9 Å². The van der Waals surface area contributed by atoms with Gasteiger partial charge < -0.3 is 19.9 Å². The lowest BCUT2D eigenvalue weighted by molar-refractivity contribution is 0.0325. The zero-order valence-electron chi connectivity index (χ0n) is 14.3. The first-order valence-electron chi connectivity index (χ1n) is 7.87. The molecule has 1 aliphatic carbocycles. The summed E-state index contributed by atoms with van der Waals surface area (Å²) in [5.74, 6) is -0.259. The maximum Gasteiger partial charge on any atom is 0.407 e. The molecule has 1 saturated carbocycles. The SMILES string of the molecule is CC.COCO.C[C@@H](Cc1ccccc1F)OC(=O)NC1CC1.[HH]. The van der Waals surface area contributed by atoms with E-state index in [0.717, 1.165) is 12.8 Å². The number of benzene rings is 1. The van der Waals surface area contributed by atoms with Crippen LogP contribution in [0.1, 0.15) is 40.6 Å². The molecular formula is C17H30FNO4. The van der Waals surface area contributed by atoms with Crippen molar-refractivity contribution >= 4 is 6.09 Å². The van der Waals surface area contributed by atoms with Crippen LogP contribution in [0.25, 0.3) is 0 Å². The van der Waals surface area contributed by atoms with Crippen LogP contribution in [0.3, 0.4) is 0 Å². The fourth-order valence-electron chi connectivity index (χ4n) is 1.63. The van der Waals surface area contributed by atoms with Crippen LogP contribution in [0.2, 0.25) is 0 Å². The average molecular weight is 331 g/mol. The standard InChI is InChI=1S/C13H16FNO2.C2H6O2.C2H6.H2/c1-9(17-13(16)15-11-6-7-11)8-10-4-2-3-5-12(10)14;1-4-2-3;1-2;/h2-5,9,11H,6-8H2,1H3,(H,15,16);3H,2H2,1H3;1-2H3;1H/t9-;;;/m0.../s1. The highest BCUT2D eigenvalue weighted by atomic mass is 19.1. The lowest BCUT2D eigenvalue weighted by atomic mass is 10.1. The first-order chi connectivity index (χ1) is 11.1. The Morgan fingerprint density at radius 1 is 1.43 bits per heavy atom. The van der Waals surface area contributed by atoms with E-state index in [9.17, 15) is 9.18 Å². The Hall–Kier alpha value is -1.66. The highest BCUT2D eigenvalue weighted by Crippen LogP contribution is 2.19. The van der Waals surface area contributed by atoms with Gasteiger partial charge in [-0.2, -0.15) is 0 Å². The number of carbonyl (C=O) groups is 1. The van der Waals surface area contributed by atoms with Crippen molar-refractivity contribution in [2.24, 2.45) is 0 Å². The van der Waals surface area contributed by atoms with Gasteiger partial charge in [0.2, 0.25) is 0 Å². The molecule has 1 fully saturated rings. The van der Waals surface area contributed by atoms with Gasteiger partial charge in [-0.25, -0.2) is 9.18 Å². The van der Waals surface area contributed by atoms with Gasteiger partial charge in [0.15, 0.2) is 0 Å². The number of aliphatic hydroxyl groups excluding tert-OH is 1. The molecule has 0 radical (unpaired) electrons. The van der Waals surface area contributed by atoms with Gasteiger partial charge >= 0.3 is 6.09 Å². The van der Waals surface area contributed by atoms with Crippen LogP contribution in [0.4, 0.5) is 9.18 Å². The number of rotatable bonds is 5. The fraction of sp³-hybridized carbons (Fsp3) is 0.588. The van der Waals surface area contributed by atoms with Crippen molar-refractivity contribution in [2.75, 3.05) is 13.9 Å². The minimum Gasteiger partial charge on any atom is -0.446 e. The van der Waals surface area contributed by atoms with E-state index in [4.69, 9.17) is 9.84 Å². The molecule has 2 N–H and O–H groups in total. The summed E-state index contributed by atoms with van der Waals surface area (Å²) in [6, 6.07) is 6.81. The van der Waals surface area contributed by atoms with Crippen LogP contribution in [0, 0.1) is 5.82 Å². The summed E-state index contributed by atoms with van der Waals surface area (Å²) >= 11 is 0. The van der Waals surface area contributed by atoms with Crippen LogP contribution >= 0.6 is 0 Å². The Balaban J connectivity index is 0. The zero-order chi connectivity index (χ0) is 17.7. The van der Waals surface area contributed by atoms with Crippen LogP contribution in [0.15, 0.2) is 24.3 Å². The number of amides is 1. The molecule has 23 heavy (non-hydrogen) atoms. The van der Waals surface area contributed by atoms with Crippen LogP contribution in [-0.4, -0.2) is 37.2 Å². The predicted octanol–water partition coefficient (Wildman–Crippen LogP) is 3.50. The van der Waals surface area contributed by atoms with Crippen molar-refractivity contribution < 1.29 is 25.2 Å². The van der Waals surface area contributed by atoms with E-state index in [1.54, 1.807) is 25.1 Å². The van der Waals surface area contributed by atoms with E-state index in [-0.39, 0.29) is 26.2 Å². The molecule has 0 bridgehead atoms. The molecule has 0 saturated heterocycles. The number of halogens is 1. The van der Waals surface area contributed by atoms with Gasteiger partial charge in [-0.3, -0.25) is 0 Å². The molecule has 1 aromatic carbocycles. The van der Waals surface area contributed by atoms with Gasteiger partial charge in [-0.05, 0) is 31.4 Å². The number of aliphatic hydroxyl groups is 1. The second kappa shape index (κ2) is 12.8. The van der Waals surface area contributed by atoms with E-state index in [1.165, 1.54) is 13.2 Å². The molecule has 0 heterocycles. The Morgan fingerprint density at radius 2 is 2.00 bits per heavy atom. The number of ether oxygens (including phenoxy) is 2. The molecule has 0 aromatic heterocycles. The van der Waals surface area contributed by atoms with Crippen molar-refractivity contribution in [3.63, 3.8) is 0 Å². The number of methoxy groups -OCH3 is 1. The largest absolute Gasteiger partial charge is 0.446 e. The van der Waals surface area contributed by atoms with Crippen LogP contribution in [0.5, 0.6) is 0 Å². The molecule has 0 spiro atoms. The van der Waals surface area contributed by atoms with Crippen molar-refractivity contribution in [2.45, 2.75) is 52.2 Å².